The normalized spacial score (nSPS) is 12.6. The molecule has 0 unspecified atom stereocenters. The lowest BCUT2D eigenvalue weighted by Gasteiger charge is -2.10. The topological polar surface area (TPSA) is 29.1 Å². The molecular weight excluding hydrogens is 217 g/mol. The van der Waals surface area contributed by atoms with Crippen LogP contribution < -0.4 is 5.32 Å². The molecule has 1 amide bonds. The molecular formula is C14H18FNO. The molecule has 0 spiro atoms. The Hall–Kier alpha value is -1.64. The minimum Gasteiger partial charge on any atom is -0.350 e. The third-order valence-corrected chi connectivity index (χ3v) is 2.41. The van der Waals surface area contributed by atoms with Crippen molar-refractivity contribution in [2.45, 2.75) is 32.7 Å². The highest BCUT2D eigenvalue weighted by atomic mass is 19.1. The number of amides is 1. The summed E-state index contributed by atoms with van der Waals surface area (Å²) in [5, 5.41) is 2.86. The van der Waals surface area contributed by atoms with E-state index in [0.717, 1.165) is 18.4 Å². The Morgan fingerprint density at radius 1 is 1.41 bits per heavy atom. The fraction of sp³-hybridized carbons (Fsp3) is 0.357. The molecule has 0 aliphatic rings. The molecule has 1 aromatic rings. The molecule has 0 saturated heterocycles. The van der Waals surface area contributed by atoms with E-state index in [4.69, 9.17) is 0 Å². The van der Waals surface area contributed by atoms with E-state index >= 15 is 0 Å². The molecule has 3 heteroatoms. The zero-order valence-corrected chi connectivity index (χ0v) is 10.2. The largest absolute Gasteiger partial charge is 0.350 e. The molecule has 0 radical (unpaired) electrons. The van der Waals surface area contributed by atoms with E-state index in [0.29, 0.717) is 0 Å². The molecule has 0 aliphatic carbocycles. The summed E-state index contributed by atoms with van der Waals surface area (Å²) in [5.41, 5.74) is 0.810. The lowest BCUT2D eigenvalue weighted by atomic mass is 10.2. The maximum Gasteiger partial charge on any atom is 0.244 e. The second-order valence-electron chi connectivity index (χ2n) is 4.08. The smallest absolute Gasteiger partial charge is 0.244 e. The van der Waals surface area contributed by atoms with Gasteiger partial charge in [-0.3, -0.25) is 4.79 Å². The maximum absolute atomic E-state index is 12.6. The van der Waals surface area contributed by atoms with Crippen LogP contribution >= 0.6 is 0 Å². The van der Waals surface area contributed by atoms with Gasteiger partial charge in [-0.15, -0.1) is 0 Å². The lowest BCUT2D eigenvalue weighted by molar-refractivity contribution is -0.117. The van der Waals surface area contributed by atoms with Crippen molar-refractivity contribution >= 4 is 12.0 Å². The first-order valence-corrected chi connectivity index (χ1v) is 5.86. The highest BCUT2D eigenvalue weighted by Gasteiger charge is 2.02. The first kappa shape index (κ1) is 13.4. The van der Waals surface area contributed by atoms with Crippen LogP contribution in [0.15, 0.2) is 30.3 Å². The molecule has 0 aromatic heterocycles. The van der Waals surface area contributed by atoms with Gasteiger partial charge < -0.3 is 5.32 Å². The van der Waals surface area contributed by atoms with Gasteiger partial charge in [-0.05, 0) is 37.1 Å². The highest BCUT2D eigenvalue weighted by molar-refractivity contribution is 5.91. The molecule has 17 heavy (non-hydrogen) atoms. The van der Waals surface area contributed by atoms with E-state index in [2.05, 4.69) is 12.2 Å². The number of carbonyl (C=O) groups excluding carboxylic acids is 1. The minimum absolute atomic E-state index is 0.115. The van der Waals surface area contributed by atoms with Gasteiger partial charge in [0.15, 0.2) is 0 Å². The minimum atomic E-state index is -0.275. The van der Waals surface area contributed by atoms with Gasteiger partial charge >= 0.3 is 0 Å². The van der Waals surface area contributed by atoms with E-state index in [9.17, 15) is 9.18 Å². The van der Waals surface area contributed by atoms with Crippen molar-refractivity contribution in [2.75, 3.05) is 0 Å². The van der Waals surface area contributed by atoms with Gasteiger partial charge in [-0.2, -0.15) is 0 Å². The Kier molecular flexibility index (Phi) is 5.40. The standard InChI is InChI=1S/C14H18FNO/c1-3-4-11(2)16-14(17)10-7-12-5-8-13(15)9-6-12/h5-11H,3-4H2,1-2H3,(H,16,17)/b10-7+/t11-/m1/s1. The zero-order valence-electron chi connectivity index (χ0n) is 10.2. The van der Waals surface area contributed by atoms with Gasteiger partial charge in [0, 0.05) is 12.1 Å². The SMILES string of the molecule is CCC[C@@H](C)NC(=O)/C=C/c1ccc(F)cc1. The predicted molar refractivity (Wildman–Crippen MR) is 67.9 cm³/mol. The lowest BCUT2D eigenvalue weighted by Crippen LogP contribution is -2.30. The molecule has 0 heterocycles. The van der Waals surface area contributed by atoms with Crippen molar-refractivity contribution in [2.24, 2.45) is 0 Å². The summed E-state index contributed by atoms with van der Waals surface area (Å²) >= 11 is 0. The first-order chi connectivity index (χ1) is 8.11. The van der Waals surface area contributed by atoms with Gasteiger partial charge in [-0.25, -0.2) is 4.39 Å². The number of hydrogen-bond donors (Lipinski definition) is 1. The number of halogens is 1. The number of rotatable bonds is 5. The van der Waals surface area contributed by atoms with Crippen molar-refractivity contribution in [1.29, 1.82) is 0 Å². The van der Waals surface area contributed by atoms with Crippen LogP contribution in [0.3, 0.4) is 0 Å². The van der Waals surface area contributed by atoms with Crippen LogP contribution in [0.1, 0.15) is 32.3 Å². The third kappa shape index (κ3) is 5.29. The average Bonchev–Trinajstić information content (AvgIpc) is 2.28. The van der Waals surface area contributed by atoms with Gasteiger partial charge in [0.05, 0.1) is 0 Å². The molecule has 1 rings (SSSR count). The molecule has 2 nitrogen and oxygen atoms in total. The second-order valence-corrected chi connectivity index (χ2v) is 4.08. The van der Waals surface area contributed by atoms with Crippen molar-refractivity contribution in [1.82, 2.24) is 5.32 Å². The molecule has 0 saturated carbocycles. The fourth-order valence-corrected chi connectivity index (χ4v) is 1.54. The number of nitrogens with one attached hydrogen (secondary N) is 1. The summed E-state index contributed by atoms with van der Waals surface area (Å²) in [4.78, 5) is 11.5. The molecule has 92 valence electrons. The van der Waals surface area contributed by atoms with E-state index in [1.165, 1.54) is 18.2 Å². The van der Waals surface area contributed by atoms with Gasteiger partial charge in [0.25, 0.3) is 0 Å². The van der Waals surface area contributed by atoms with Gasteiger partial charge in [0.1, 0.15) is 5.82 Å². The van der Waals surface area contributed by atoms with Crippen LogP contribution in [0, 0.1) is 5.82 Å². The van der Waals surface area contributed by atoms with Gasteiger partial charge in [-0.1, -0.05) is 25.5 Å². The number of benzene rings is 1. The van der Waals surface area contributed by atoms with Crippen molar-refractivity contribution in [3.05, 3.63) is 41.7 Å². The van der Waals surface area contributed by atoms with Crippen LogP contribution in [0.5, 0.6) is 0 Å². The van der Waals surface area contributed by atoms with Crippen LogP contribution in [0.2, 0.25) is 0 Å². The molecule has 0 fully saturated rings. The summed E-state index contributed by atoms with van der Waals surface area (Å²) in [6.07, 6.45) is 5.16. The van der Waals surface area contributed by atoms with Crippen LogP contribution in [0.4, 0.5) is 4.39 Å². The third-order valence-electron chi connectivity index (χ3n) is 2.41. The van der Waals surface area contributed by atoms with Crippen LogP contribution in [-0.2, 0) is 4.79 Å². The Labute approximate surface area is 102 Å². The molecule has 0 bridgehead atoms. The molecule has 1 N–H and O–H groups in total. The fourth-order valence-electron chi connectivity index (χ4n) is 1.54. The Bertz CT molecular complexity index is 384. The Morgan fingerprint density at radius 2 is 2.06 bits per heavy atom. The zero-order chi connectivity index (χ0) is 12.7. The second kappa shape index (κ2) is 6.84. The summed E-state index contributed by atoms with van der Waals surface area (Å²) in [7, 11) is 0. The average molecular weight is 235 g/mol. The molecule has 1 atom stereocenters. The van der Waals surface area contributed by atoms with Crippen molar-refractivity contribution < 1.29 is 9.18 Å². The predicted octanol–water partition coefficient (Wildman–Crippen LogP) is 3.14. The first-order valence-electron chi connectivity index (χ1n) is 5.86. The molecule has 0 aliphatic heterocycles. The quantitative estimate of drug-likeness (QED) is 0.780. The van der Waals surface area contributed by atoms with Crippen molar-refractivity contribution in [3.63, 3.8) is 0 Å². The van der Waals surface area contributed by atoms with Crippen molar-refractivity contribution in [3.8, 4) is 0 Å². The van der Waals surface area contributed by atoms with Crippen LogP contribution in [-0.4, -0.2) is 11.9 Å². The number of carbonyl (C=O) groups is 1. The summed E-state index contributed by atoms with van der Waals surface area (Å²) in [6.45, 7) is 4.06. The molecule has 1 aromatic carbocycles. The van der Waals surface area contributed by atoms with E-state index < -0.39 is 0 Å². The maximum atomic E-state index is 12.6. The Morgan fingerprint density at radius 3 is 2.65 bits per heavy atom. The Balaban J connectivity index is 2.47. The van der Waals surface area contributed by atoms with Gasteiger partial charge in [0.2, 0.25) is 5.91 Å². The summed E-state index contributed by atoms with van der Waals surface area (Å²) in [5.74, 6) is -0.390. The summed E-state index contributed by atoms with van der Waals surface area (Å²) < 4.78 is 12.6. The monoisotopic (exact) mass is 235 g/mol. The number of hydrogen-bond acceptors (Lipinski definition) is 1. The van der Waals surface area contributed by atoms with E-state index in [-0.39, 0.29) is 17.8 Å². The van der Waals surface area contributed by atoms with E-state index in [1.807, 2.05) is 6.92 Å². The highest BCUT2D eigenvalue weighted by Crippen LogP contribution is 2.04. The summed E-state index contributed by atoms with van der Waals surface area (Å²) in [6, 6.07) is 6.20. The van der Waals surface area contributed by atoms with Crippen LogP contribution in [0.25, 0.3) is 6.08 Å². The van der Waals surface area contributed by atoms with E-state index in [1.54, 1.807) is 18.2 Å².